The zero-order valence-electron chi connectivity index (χ0n) is 30.2. The standard InChI is InChI=1S/C41H76O4/c1-3-5-7-9-11-13-15-17-18-19-20-22-24-27-31-35-39(36-32-28-26-29-33-37-40(42)43)45-41(44)38-34-30-25-23-21-16-14-12-10-8-6-4-2/h12,14,19-20,39H,3-11,13,15-18,21-38H2,1-2H3,(H,42,43)/b14-12-,20-19-. The first-order chi connectivity index (χ1) is 22.1. The third kappa shape index (κ3) is 36.8. The van der Waals surface area contributed by atoms with Crippen molar-refractivity contribution in [2.75, 3.05) is 0 Å². The Kier molecular flexibility index (Phi) is 35.6. The summed E-state index contributed by atoms with van der Waals surface area (Å²) in [5, 5.41) is 8.81. The third-order valence-electron chi connectivity index (χ3n) is 8.90. The van der Waals surface area contributed by atoms with E-state index in [1.807, 2.05) is 0 Å². The van der Waals surface area contributed by atoms with Gasteiger partial charge in [0.15, 0.2) is 0 Å². The molecule has 0 rings (SSSR count). The maximum atomic E-state index is 12.6. The number of unbranched alkanes of at least 4 members (excludes halogenated alkanes) is 23. The number of hydrogen-bond donors (Lipinski definition) is 1. The van der Waals surface area contributed by atoms with Crippen molar-refractivity contribution >= 4 is 11.9 Å². The van der Waals surface area contributed by atoms with Crippen LogP contribution in [-0.4, -0.2) is 23.1 Å². The van der Waals surface area contributed by atoms with E-state index in [9.17, 15) is 9.59 Å². The highest BCUT2D eigenvalue weighted by molar-refractivity contribution is 5.69. The van der Waals surface area contributed by atoms with Crippen LogP contribution in [0, 0.1) is 0 Å². The lowest BCUT2D eigenvalue weighted by Gasteiger charge is -2.18. The minimum atomic E-state index is -0.703. The van der Waals surface area contributed by atoms with E-state index >= 15 is 0 Å². The van der Waals surface area contributed by atoms with Gasteiger partial charge in [0.05, 0.1) is 0 Å². The number of carboxylic acids is 1. The number of aliphatic carboxylic acids is 1. The lowest BCUT2D eigenvalue weighted by molar-refractivity contribution is -0.150. The molecule has 0 bridgehead atoms. The quantitative estimate of drug-likeness (QED) is 0.0424. The molecule has 4 nitrogen and oxygen atoms in total. The molecule has 0 saturated carbocycles. The van der Waals surface area contributed by atoms with Crippen LogP contribution in [0.25, 0.3) is 0 Å². The minimum Gasteiger partial charge on any atom is -0.481 e. The SMILES string of the molecule is CCCCC/C=C\CCCCCCCC(=O)OC(CCCCC/C=C\CCCCCCCCCC)CCCCCCCC(=O)O. The summed E-state index contributed by atoms with van der Waals surface area (Å²) in [7, 11) is 0. The normalized spacial score (nSPS) is 12.4. The molecule has 0 aromatic heterocycles. The highest BCUT2D eigenvalue weighted by Gasteiger charge is 2.14. The van der Waals surface area contributed by atoms with Crippen molar-refractivity contribution in [3.05, 3.63) is 24.3 Å². The van der Waals surface area contributed by atoms with Gasteiger partial charge in [-0.05, 0) is 89.9 Å². The molecule has 0 aromatic carbocycles. The summed E-state index contributed by atoms with van der Waals surface area (Å²) in [5.74, 6) is -0.716. The van der Waals surface area contributed by atoms with Crippen LogP contribution in [0.15, 0.2) is 24.3 Å². The van der Waals surface area contributed by atoms with Crippen LogP contribution in [0.3, 0.4) is 0 Å². The summed E-state index contributed by atoms with van der Waals surface area (Å²) >= 11 is 0. The Hall–Kier alpha value is -1.58. The highest BCUT2D eigenvalue weighted by atomic mass is 16.5. The Balaban J connectivity index is 4.09. The van der Waals surface area contributed by atoms with Crippen LogP contribution in [0.5, 0.6) is 0 Å². The number of allylic oxidation sites excluding steroid dienone is 4. The zero-order chi connectivity index (χ0) is 32.9. The van der Waals surface area contributed by atoms with Gasteiger partial charge < -0.3 is 9.84 Å². The highest BCUT2D eigenvalue weighted by Crippen LogP contribution is 2.18. The number of hydrogen-bond acceptors (Lipinski definition) is 3. The fraction of sp³-hybridized carbons (Fsp3) is 0.854. The zero-order valence-corrected chi connectivity index (χ0v) is 30.2. The molecular weight excluding hydrogens is 556 g/mol. The van der Waals surface area contributed by atoms with Gasteiger partial charge in [-0.2, -0.15) is 0 Å². The number of carbonyl (C=O) groups excluding carboxylic acids is 1. The molecule has 4 heteroatoms. The second kappa shape index (κ2) is 36.9. The van der Waals surface area contributed by atoms with E-state index in [1.165, 1.54) is 122 Å². The maximum Gasteiger partial charge on any atom is 0.306 e. The lowest BCUT2D eigenvalue weighted by atomic mass is 10.0. The molecule has 1 atom stereocenters. The largest absolute Gasteiger partial charge is 0.481 e. The summed E-state index contributed by atoms with van der Waals surface area (Å²) < 4.78 is 5.99. The van der Waals surface area contributed by atoms with Crippen LogP contribution in [0.1, 0.15) is 219 Å². The van der Waals surface area contributed by atoms with Crippen molar-refractivity contribution in [1.82, 2.24) is 0 Å². The number of rotatable bonds is 36. The summed E-state index contributed by atoms with van der Waals surface area (Å²) in [5.41, 5.74) is 0. The molecular formula is C41H76O4. The molecule has 0 spiro atoms. The van der Waals surface area contributed by atoms with E-state index in [1.54, 1.807) is 0 Å². The molecule has 0 aliphatic rings. The van der Waals surface area contributed by atoms with Gasteiger partial charge in [-0.15, -0.1) is 0 Å². The molecule has 0 heterocycles. The van der Waals surface area contributed by atoms with E-state index in [2.05, 4.69) is 38.2 Å². The summed E-state index contributed by atoms with van der Waals surface area (Å²) in [6.07, 6.45) is 46.2. The topological polar surface area (TPSA) is 63.6 Å². The van der Waals surface area contributed by atoms with Crippen LogP contribution in [0.4, 0.5) is 0 Å². The van der Waals surface area contributed by atoms with Crippen molar-refractivity contribution < 1.29 is 19.4 Å². The van der Waals surface area contributed by atoms with Crippen molar-refractivity contribution in [2.24, 2.45) is 0 Å². The molecule has 0 fully saturated rings. The van der Waals surface area contributed by atoms with E-state index in [4.69, 9.17) is 9.84 Å². The smallest absolute Gasteiger partial charge is 0.306 e. The van der Waals surface area contributed by atoms with Crippen molar-refractivity contribution in [3.63, 3.8) is 0 Å². The summed E-state index contributed by atoms with van der Waals surface area (Å²) in [6, 6.07) is 0. The molecule has 1 unspecified atom stereocenters. The molecule has 0 amide bonds. The van der Waals surface area contributed by atoms with Gasteiger partial charge in [0.2, 0.25) is 0 Å². The predicted molar refractivity (Wildman–Crippen MR) is 195 cm³/mol. The summed E-state index contributed by atoms with van der Waals surface area (Å²) in [4.78, 5) is 23.3. The van der Waals surface area contributed by atoms with Gasteiger partial charge in [0.25, 0.3) is 0 Å². The van der Waals surface area contributed by atoms with Crippen molar-refractivity contribution in [2.45, 2.75) is 225 Å². The van der Waals surface area contributed by atoms with Gasteiger partial charge in [-0.3, -0.25) is 9.59 Å². The van der Waals surface area contributed by atoms with Crippen LogP contribution >= 0.6 is 0 Å². The molecule has 264 valence electrons. The van der Waals surface area contributed by atoms with Gasteiger partial charge in [0.1, 0.15) is 6.10 Å². The van der Waals surface area contributed by atoms with E-state index in [-0.39, 0.29) is 18.5 Å². The van der Waals surface area contributed by atoms with Gasteiger partial charge in [-0.25, -0.2) is 0 Å². The fourth-order valence-electron chi connectivity index (χ4n) is 5.94. The fourth-order valence-corrected chi connectivity index (χ4v) is 5.94. The first kappa shape index (κ1) is 43.4. The average molecular weight is 633 g/mol. The Bertz CT molecular complexity index is 683. The van der Waals surface area contributed by atoms with Crippen molar-refractivity contribution in [3.8, 4) is 0 Å². The Morgan fingerprint density at radius 2 is 0.800 bits per heavy atom. The monoisotopic (exact) mass is 633 g/mol. The molecule has 1 N–H and O–H groups in total. The molecule has 0 radical (unpaired) electrons. The Morgan fingerprint density at radius 1 is 0.467 bits per heavy atom. The third-order valence-corrected chi connectivity index (χ3v) is 8.90. The van der Waals surface area contributed by atoms with Crippen LogP contribution in [0.2, 0.25) is 0 Å². The van der Waals surface area contributed by atoms with Crippen molar-refractivity contribution in [1.29, 1.82) is 0 Å². The number of carbonyl (C=O) groups is 2. The minimum absolute atomic E-state index is 0.0136. The van der Waals surface area contributed by atoms with Gasteiger partial charge in [0, 0.05) is 12.8 Å². The van der Waals surface area contributed by atoms with Gasteiger partial charge >= 0.3 is 11.9 Å². The Labute approximate surface area is 280 Å². The number of ether oxygens (including phenoxy) is 1. The molecule has 0 saturated heterocycles. The second-order valence-electron chi connectivity index (χ2n) is 13.5. The van der Waals surface area contributed by atoms with E-state index in [0.717, 1.165) is 70.6 Å². The van der Waals surface area contributed by atoms with Gasteiger partial charge in [-0.1, -0.05) is 141 Å². The predicted octanol–water partition coefficient (Wildman–Crippen LogP) is 13.6. The number of carboxylic acid groups (broad SMARTS) is 1. The first-order valence-corrected chi connectivity index (χ1v) is 19.8. The van der Waals surface area contributed by atoms with Crippen LogP contribution < -0.4 is 0 Å². The molecule has 45 heavy (non-hydrogen) atoms. The van der Waals surface area contributed by atoms with Crippen LogP contribution in [-0.2, 0) is 14.3 Å². The lowest BCUT2D eigenvalue weighted by Crippen LogP contribution is -2.18. The first-order valence-electron chi connectivity index (χ1n) is 19.8. The maximum absolute atomic E-state index is 12.6. The second-order valence-corrected chi connectivity index (χ2v) is 13.5. The van der Waals surface area contributed by atoms with E-state index < -0.39 is 5.97 Å². The molecule has 0 aromatic rings. The number of esters is 1. The molecule has 0 aliphatic heterocycles. The van der Waals surface area contributed by atoms with E-state index in [0.29, 0.717) is 6.42 Å². The Morgan fingerprint density at radius 3 is 1.27 bits per heavy atom. The average Bonchev–Trinajstić information content (AvgIpc) is 3.02. The summed E-state index contributed by atoms with van der Waals surface area (Å²) in [6.45, 7) is 4.53. The molecule has 0 aliphatic carbocycles.